The largest absolute Gasteiger partial charge is 0.464 e. The summed E-state index contributed by atoms with van der Waals surface area (Å²) in [6.07, 6.45) is 1.64. The second-order valence-corrected chi connectivity index (χ2v) is 7.47. The molecule has 1 aromatic carbocycles. The second-order valence-electron chi connectivity index (χ2n) is 5.32. The van der Waals surface area contributed by atoms with Gasteiger partial charge in [-0.25, -0.2) is 8.42 Å². The average Bonchev–Trinajstić information content (AvgIpc) is 2.44. The molecule has 7 heteroatoms. The number of benzene rings is 1. The van der Waals surface area contributed by atoms with E-state index in [9.17, 15) is 13.2 Å². The molecule has 0 aliphatic rings. The molecule has 0 aliphatic carbocycles. The van der Waals surface area contributed by atoms with Gasteiger partial charge in [0.25, 0.3) is 0 Å². The molecule has 1 rings (SSSR count). The lowest BCUT2D eigenvalue weighted by Crippen LogP contribution is -2.45. The van der Waals surface area contributed by atoms with Crippen LogP contribution in [-0.4, -0.2) is 27.0 Å². The molecule has 0 amide bonds. The third kappa shape index (κ3) is 5.59. The Balaban J connectivity index is 2.88. The molecule has 0 saturated heterocycles. The molecule has 124 valence electrons. The van der Waals surface area contributed by atoms with Crippen LogP contribution in [0.3, 0.4) is 0 Å². The molecule has 0 aromatic heterocycles. The Kier molecular flexibility index (Phi) is 7.32. The summed E-state index contributed by atoms with van der Waals surface area (Å²) in [4.78, 5) is 12.1. The van der Waals surface area contributed by atoms with Gasteiger partial charge < -0.3 is 4.74 Å². The molecule has 5 nitrogen and oxygen atoms in total. The van der Waals surface area contributed by atoms with Crippen molar-refractivity contribution in [2.24, 2.45) is 5.92 Å². The van der Waals surface area contributed by atoms with E-state index >= 15 is 0 Å². The summed E-state index contributed by atoms with van der Waals surface area (Å²) in [5.41, 5.74) is 0. The van der Waals surface area contributed by atoms with Crippen molar-refractivity contribution in [3.63, 3.8) is 0 Å². The minimum absolute atomic E-state index is 0.0204. The van der Waals surface area contributed by atoms with Crippen LogP contribution in [-0.2, 0) is 19.6 Å². The van der Waals surface area contributed by atoms with Crippen molar-refractivity contribution in [3.05, 3.63) is 29.3 Å². The van der Waals surface area contributed by atoms with Gasteiger partial charge in [0.05, 0.1) is 11.5 Å². The van der Waals surface area contributed by atoms with Crippen LogP contribution in [0.25, 0.3) is 0 Å². The van der Waals surface area contributed by atoms with Crippen molar-refractivity contribution in [3.8, 4) is 0 Å². The van der Waals surface area contributed by atoms with Gasteiger partial charge in [-0.05, 0) is 30.5 Å². The third-order valence-corrected chi connectivity index (χ3v) is 4.73. The number of carbonyl (C=O) groups is 1. The zero-order valence-corrected chi connectivity index (χ0v) is 14.6. The van der Waals surface area contributed by atoms with Crippen molar-refractivity contribution in [1.29, 1.82) is 0 Å². The molecule has 22 heavy (non-hydrogen) atoms. The van der Waals surface area contributed by atoms with Crippen LogP contribution in [0, 0.1) is 5.92 Å². The number of hydrogen-bond acceptors (Lipinski definition) is 4. The Morgan fingerprint density at radius 2 is 2.05 bits per heavy atom. The first-order valence-corrected chi connectivity index (χ1v) is 9.08. The van der Waals surface area contributed by atoms with Crippen LogP contribution >= 0.6 is 11.6 Å². The van der Waals surface area contributed by atoms with Gasteiger partial charge in [-0.3, -0.25) is 4.79 Å². The van der Waals surface area contributed by atoms with E-state index in [1.807, 2.05) is 6.92 Å². The smallest absolute Gasteiger partial charge is 0.324 e. The molecule has 0 fully saturated rings. The molecule has 0 heterocycles. The normalized spacial score (nSPS) is 13.1. The second kappa shape index (κ2) is 8.50. The van der Waals surface area contributed by atoms with Gasteiger partial charge in [0.1, 0.15) is 6.04 Å². The molecular formula is C15H22ClNO4S. The first kappa shape index (κ1) is 18.9. The highest BCUT2D eigenvalue weighted by Crippen LogP contribution is 2.17. The minimum Gasteiger partial charge on any atom is -0.464 e. The van der Waals surface area contributed by atoms with Crippen molar-refractivity contribution < 1.29 is 17.9 Å². The van der Waals surface area contributed by atoms with E-state index in [4.69, 9.17) is 16.3 Å². The number of rotatable bonds is 8. The third-order valence-electron chi connectivity index (χ3n) is 3.05. The van der Waals surface area contributed by atoms with E-state index in [0.29, 0.717) is 5.02 Å². The number of unbranched alkanes of at least 4 members (excludes halogenated alkanes) is 1. The van der Waals surface area contributed by atoms with Crippen LogP contribution in [0.1, 0.15) is 33.6 Å². The lowest BCUT2D eigenvalue weighted by Gasteiger charge is -2.20. The average molecular weight is 348 g/mol. The zero-order valence-electron chi connectivity index (χ0n) is 13.0. The summed E-state index contributed by atoms with van der Waals surface area (Å²) in [6.45, 7) is 5.78. The van der Waals surface area contributed by atoms with Crippen LogP contribution < -0.4 is 4.72 Å². The van der Waals surface area contributed by atoms with Crippen molar-refractivity contribution in [1.82, 2.24) is 4.72 Å². The molecule has 0 radical (unpaired) electrons. The van der Waals surface area contributed by atoms with Gasteiger partial charge in [0.15, 0.2) is 0 Å². The van der Waals surface area contributed by atoms with E-state index < -0.39 is 22.0 Å². The summed E-state index contributed by atoms with van der Waals surface area (Å²) in [7, 11) is -3.84. The van der Waals surface area contributed by atoms with Gasteiger partial charge in [-0.2, -0.15) is 4.72 Å². The summed E-state index contributed by atoms with van der Waals surface area (Å²) in [6, 6.07) is 4.96. The van der Waals surface area contributed by atoms with E-state index in [2.05, 4.69) is 4.72 Å². The lowest BCUT2D eigenvalue weighted by atomic mass is 10.1. The maximum Gasteiger partial charge on any atom is 0.324 e. The van der Waals surface area contributed by atoms with E-state index in [1.54, 1.807) is 26.0 Å². The molecule has 0 bridgehead atoms. The predicted molar refractivity (Wildman–Crippen MR) is 86.3 cm³/mol. The molecule has 1 aromatic rings. The summed E-state index contributed by atoms with van der Waals surface area (Å²) in [5, 5.41) is 0.314. The van der Waals surface area contributed by atoms with Gasteiger partial charge in [0.2, 0.25) is 10.0 Å². The fraction of sp³-hybridized carbons (Fsp3) is 0.533. The summed E-state index contributed by atoms with van der Waals surface area (Å²) >= 11 is 5.81. The number of carbonyl (C=O) groups excluding carboxylic acids is 1. The summed E-state index contributed by atoms with van der Waals surface area (Å²) < 4.78 is 32.2. The number of hydrogen-bond donors (Lipinski definition) is 1. The van der Waals surface area contributed by atoms with Crippen LogP contribution in [0.15, 0.2) is 29.2 Å². The lowest BCUT2D eigenvalue weighted by molar-refractivity contribution is -0.146. The van der Waals surface area contributed by atoms with E-state index in [1.165, 1.54) is 12.1 Å². The number of nitrogens with one attached hydrogen (secondary N) is 1. The highest BCUT2D eigenvalue weighted by Gasteiger charge is 2.29. The Labute approximate surface area is 137 Å². The topological polar surface area (TPSA) is 72.5 Å². The SMILES string of the molecule is CCCCOC(=O)[C@@H](NS(=O)(=O)c1cccc(Cl)c1)C(C)C. The van der Waals surface area contributed by atoms with Crippen LogP contribution in [0.2, 0.25) is 5.02 Å². The highest BCUT2D eigenvalue weighted by molar-refractivity contribution is 7.89. The maximum absolute atomic E-state index is 12.4. The van der Waals surface area contributed by atoms with Crippen molar-refractivity contribution in [2.45, 2.75) is 44.6 Å². The first-order chi connectivity index (χ1) is 10.3. The number of halogens is 1. The maximum atomic E-state index is 12.4. The van der Waals surface area contributed by atoms with Crippen molar-refractivity contribution >= 4 is 27.6 Å². The predicted octanol–water partition coefficient (Wildman–Crippen LogP) is 2.99. The van der Waals surface area contributed by atoms with Crippen molar-refractivity contribution in [2.75, 3.05) is 6.61 Å². The van der Waals surface area contributed by atoms with Gasteiger partial charge >= 0.3 is 5.97 Å². The molecular weight excluding hydrogens is 326 g/mol. The number of ether oxygens (including phenoxy) is 1. The molecule has 1 atom stereocenters. The van der Waals surface area contributed by atoms with E-state index in [-0.39, 0.29) is 17.4 Å². The van der Waals surface area contributed by atoms with Gasteiger partial charge in [-0.1, -0.05) is 44.9 Å². The quantitative estimate of drug-likeness (QED) is 0.579. The van der Waals surface area contributed by atoms with Gasteiger partial charge in [0, 0.05) is 5.02 Å². The Bertz CT molecular complexity index is 601. The number of esters is 1. The monoisotopic (exact) mass is 347 g/mol. The zero-order chi connectivity index (χ0) is 16.8. The number of sulfonamides is 1. The fourth-order valence-corrected chi connectivity index (χ4v) is 3.37. The molecule has 1 N–H and O–H groups in total. The van der Waals surface area contributed by atoms with Crippen LogP contribution in [0.5, 0.6) is 0 Å². The fourth-order valence-electron chi connectivity index (χ4n) is 1.73. The van der Waals surface area contributed by atoms with Gasteiger partial charge in [-0.15, -0.1) is 0 Å². The van der Waals surface area contributed by atoms with Crippen LogP contribution in [0.4, 0.5) is 0 Å². The van der Waals surface area contributed by atoms with E-state index in [0.717, 1.165) is 12.8 Å². The minimum atomic E-state index is -3.84. The Morgan fingerprint density at radius 1 is 1.36 bits per heavy atom. The standard InChI is InChI=1S/C15H22ClNO4S/c1-4-5-9-21-15(18)14(11(2)3)17-22(19,20)13-8-6-7-12(16)10-13/h6-8,10-11,14,17H,4-5,9H2,1-3H3/t14-/m0/s1. The first-order valence-electron chi connectivity index (χ1n) is 7.22. The molecule has 0 spiro atoms. The summed E-state index contributed by atoms with van der Waals surface area (Å²) in [5.74, 6) is -0.794. The Morgan fingerprint density at radius 3 is 2.59 bits per heavy atom. The Hall–Kier alpha value is -1.11. The molecule has 0 aliphatic heterocycles. The highest BCUT2D eigenvalue weighted by atomic mass is 35.5. The molecule has 0 saturated carbocycles. The molecule has 0 unspecified atom stereocenters.